The lowest BCUT2D eigenvalue weighted by Crippen LogP contribution is -2.19. The zero-order valence-electron chi connectivity index (χ0n) is 10.9. The third kappa shape index (κ3) is 3.98. The average Bonchev–Trinajstić information content (AvgIpc) is 2.38. The molecule has 0 fully saturated rings. The zero-order valence-corrected chi connectivity index (χ0v) is 10.9. The minimum atomic E-state index is -0.740. The van der Waals surface area contributed by atoms with E-state index in [1.807, 2.05) is 0 Å². The molecule has 0 aromatic heterocycles. The van der Waals surface area contributed by atoms with Crippen LogP contribution in [0.2, 0.25) is 0 Å². The number of carbonyl (C=O) groups excluding carboxylic acids is 2. The molecule has 0 unspecified atom stereocenters. The van der Waals surface area contributed by atoms with Crippen LogP contribution in [0.25, 0.3) is 0 Å². The minimum absolute atomic E-state index is 0.00102. The number of anilines is 1. The van der Waals surface area contributed by atoms with Gasteiger partial charge in [0.15, 0.2) is 5.75 Å². The zero-order chi connectivity index (χ0) is 14.4. The van der Waals surface area contributed by atoms with Gasteiger partial charge in [0.2, 0.25) is 0 Å². The van der Waals surface area contributed by atoms with Crippen molar-refractivity contribution in [2.75, 3.05) is 12.4 Å². The number of aromatic hydroxyl groups is 1. The lowest BCUT2D eigenvalue weighted by molar-refractivity contribution is 0.0952. The Balaban J connectivity index is 2.97. The SMILES string of the molecule is COC(=O)Nc1cccc(C(=O)NN=C(C)C)c1O. The number of para-hydroxylation sites is 1. The molecular formula is C12H15N3O4. The lowest BCUT2D eigenvalue weighted by Gasteiger charge is -2.09. The average molecular weight is 265 g/mol. The van der Waals surface area contributed by atoms with E-state index in [-0.39, 0.29) is 17.0 Å². The fourth-order valence-corrected chi connectivity index (χ4v) is 1.21. The van der Waals surface area contributed by atoms with Crippen molar-refractivity contribution in [2.24, 2.45) is 5.10 Å². The molecule has 0 saturated carbocycles. The third-order valence-corrected chi connectivity index (χ3v) is 2.08. The highest BCUT2D eigenvalue weighted by Gasteiger charge is 2.15. The molecule has 0 spiro atoms. The van der Waals surface area contributed by atoms with E-state index in [0.29, 0.717) is 5.71 Å². The standard InChI is InChI=1S/C12H15N3O4/c1-7(2)14-15-11(17)8-5-4-6-9(10(8)16)13-12(18)19-3/h4-6,16H,1-3H3,(H,13,18)(H,15,17). The number of benzene rings is 1. The second kappa shape index (κ2) is 6.39. The van der Waals surface area contributed by atoms with Gasteiger partial charge < -0.3 is 9.84 Å². The van der Waals surface area contributed by atoms with Crippen molar-refractivity contribution in [3.63, 3.8) is 0 Å². The van der Waals surface area contributed by atoms with Gasteiger partial charge in [0, 0.05) is 5.71 Å². The summed E-state index contributed by atoms with van der Waals surface area (Å²) in [7, 11) is 1.20. The van der Waals surface area contributed by atoms with Gasteiger partial charge in [-0.25, -0.2) is 10.2 Å². The number of phenolic OH excluding ortho intramolecular Hbond substituents is 1. The summed E-state index contributed by atoms with van der Waals surface area (Å²) in [4.78, 5) is 22.8. The number of methoxy groups -OCH3 is 1. The molecule has 2 amide bonds. The highest BCUT2D eigenvalue weighted by molar-refractivity contribution is 6.00. The molecule has 3 N–H and O–H groups in total. The molecule has 1 aromatic rings. The predicted molar refractivity (Wildman–Crippen MR) is 70.4 cm³/mol. The number of phenols is 1. The van der Waals surface area contributed by atoms with Crippen LogP contribution in [0.3, 0.4) is 0 Å². The van der Waals surface area contributed by atoms with Crippen LogP contribution in [-0.4, -0.2) is 29.9 Å². The maximum absolute atomic E-state index is 11.8. The number of nitrogens with zero attached hydrogens (tertiary/aromatic N) is 1. The Bertz CT molecular complexity index is 522. The third-order valence-electron chi connectivity index (χ3n) is 2.08. The highest BCUT2D eigenvalue weighted by Crippen LogP contribution is 2.27. The van der Waals surface area contributed by atoms with E-state index in [1.165, 1.54) is 25.3 Å². The fourth-order valence-electron chi connectivity index (χ4n) is 1.21. The van der Waals surface area contributed by atoms with Crippen LogP contribution < -0.4 is 10.7 Å². The molecule has 0 radical (unpaired) electrons. The van der Waals surface area contributed by atoms with Crippen molar-refractivity contribution in [1.82, 2.24) is 5.43 Å². The molecule has 102 valence electrons. The lowest BCUT2D eigenvalue weighted by atomic mass is 10.1. The van der Waals surface area contributed by atoms with Gasteiger partial charge in [0.05, 0.1) is 18.4 Å². The number of nitrogens with one attached hydrogen (secondary N) is 2. The molecule has 0 saturated heterocycles. The number of ether oxygens (including phenoxy) is 1. The van der Waals surface area contributed by atoms with Crippen LogP contribution in [0.15, 0.2) is 23.3 Å². The molecule has 0 atom stereocenters. The van der Waals surface area contributed by atoms with Gasteiger partial charge in [0.25, 0.3) is 5.91 Å². The summed E-state index contributed by atoms with van der Waals surface area (Å²) in [6.07, 6.45) is -0.740. The van der Waals surface area contributed by atoms with Gasteiger partial charge in [-0.2, -0.15) is 5.10 Å². The summed E-state index contributed by atoms with van der Waals surface area (Å²) in [5.74, 6) is -0.929. The fraction of sp³-hybridized carbons (Fsp3) is 0.250. The Morgan fingerprint density at radius 2 is 2.00 bits per heavy atom. The van der Waals surface area contributed by atoms with Crippen molar-refractivity contribution < 1.29 is 19.4 Å². The van der Waals surface area contributed by atoms with Crippen molar-refractivity contribution >= 4 is 23.4 Å². The molecule has 1 rings (SSSR count). The number of rotatable bonds is 3. The molecule has 0 heterocycles. The Kier molecular flexibility index (Phi) is 4.87. The van der Waals surface area contributed by atoms with Gasteiger partial charge in [-0.05, 0) is 26.0 Å². The molecule has 0 aliphatic carbocycles. The van der Waals surface area contributed by atoms with Gasteiger partial charge >= 0.3 is 6.09 Å². The van der Waals surface area contributed by atoms with Crippen LogP contribution in [0.1, 0.15) is 24.2 Å². The summed E-state index contributed by atoms with van der Waals surface area (Å²) < 4.78 is 4.40. The Morgan fingerprint density at radius 3 is 2.58 bits per heavy atom. The monoisotopic (exact) mass is 265 g/mol. The largest absolute Gasteiger partial charge is 0.505 e. The van der Waals surface area contributed by atoms with Gasteiger partial charge in [0.1, 0.15) is 0 Å². The first kappa shape index (κ1) is 14.5. The van der Waals surface area contributed by atoms with Gasteiger partial charge in [-0.1, -0.05) is 6.07 Å². The molecular weight excluding hydrogens is 250 g/mol. The molecule has 1 aromatic carbocycles. The maximum Gasteiger partial charge on any atom is 0.411 e. The first-order valence-corrected chi connectivity index (χ1v) is 5.44. The summed E-state index contributed by atoms with van der Waals surface area (Å²) in [5.41, 5.74) is 3.02. The highest BCUT2D eigenvalue weighted by atomic mass is 16.5. The number of carbonyl (C=O) groups is 2. The van der Waals surface area contributed by atoms with Gasteiger partial charge in [-0.3, -0.25) is 10.1 Å². The van der Waals surface area contributed by atoms with Crippen molar-refractivity contribution in [3.05, 3.63) is 23.8 Å². The number of hydrogen-bond acceptors (Lipinski definition) is 5. The van der Waals surface area contributed by atoms with Crippen LogP contribution in [0.5, 0.6) is 5.75 Å². The van der Waals surface area contributed by atoms with E-state index in [0.717, 1.165) is 0 Å². The molecule has 7 nitrogen and oxygen atoms in total. The van der Waals surface area contributed by atoms with E-state index in [1.54, 1.807) is 13.8 Å². The minimum Gasteiger partial charge on any atom is -0.505 e. The second-order valence-corrected chi connectivity index (χ2v) is 3.82. The molecule has 7 heteroatoms. The second-order valence-electron chi connectivity index (χ2n) is 3.82. The topological polar surface area (TPSA) is 100 Å². The quantitative estimate of drug-likeness (QED) is 0.440. The smallest absolute Gasteiger partial charge is 0.411 e. The maximum atomic E-state index is 11.8. The van der Waals surface area contributed by atoms with E-state index in [4.69, 9.17) is 0 Å². The van der Waals surface area contributed by atoms with Crippen LogP contribution >= 0.6 is 0 Å². The first-order valence-electron chi connectivity index (χ1n) is 5.44. The predicted octanol–water partition coefficient (Wildman–Crippen LogP) is 1.70. The van der Waals surface area contributed by atoms with E-state index in [9.17, 15) is 14.7 Å². The molecule has 19 heavy (non-hydrogen) atoms. The molecule has 0 aliphatic rings. The van der Waals surface area contributed by atoms with E-state index in [2.05, 4.69) is 20.6 Å². The summed E-state index contributed by atoms with van der Waals surface area (Å²) in [6.45, 7) is 3.44. The van der Waals surface area contributed by atoms with E-state index >= 15 is 0 Å². The van der Waals surface area contributed by atoms with Crippen LogP contribution in [-0.2, 0) is 4.74 Å². The van der Waals surface area contributed by atoms with E-state index < -0.39 is 12.0 Å². The first-order chi connectivity index (χ1) is 8.95. The van der Waals surface area contributed by atoms with Crippen LogP contribution in [0, 0.1) is 0 Å². The summed E-state index contributed by atoms with van der Waals surface area (Å²) in [6, 6.07) is 4.37. The number of amides is 2. The Hall–Kier alpha value is -2.57. The number of hydrazone groups is 1. The summed E-state index contributed by atoms with van der Waals surface area (Å²) in [5, 5.41) is 15.9. The number of hydrogen-bond donors (Lipinski definition) is 3. The molecule has 0 bridgehead atoms. The van der Waals surface area contributed by atoms with Crippen molar-refractivity contribution in [2.45, 2.75) is 13.8 Å². The Labute approximate surface area is 110 Å². The summed E-state index contributed by atoms with van der Waals surface area (Å²) >= 11 is 0. The van der Waals surface area contributed by atoms with Crippen LogP contribution in [0.4, 0.5) is 10.5 Å². The Morgan fingerprint density at radius 1 is 1.32 bits per heavy atom. The van der Waals surface area contributed by atoms with Crippen molar-refractivity contribution in [3.8, 4) is 5.75 Å². The normalized spacial score (nSPS) is 9.42. The molecule has 0 aliphatic heterocycles. The van der Waals surface area contributed by atoms with Crippen molar-refractivity contribution in [1.29, 1.82) is 0 Å². The van der Waals surface area contributed by atoms with Gasteiger partial charge in [-0.15, -0.1) is 0 Å².